The third-order valence-corrected chi connectivity index (χ3v) is 1.52. The van der Waals surface area contributed by atoms with E-state index in [1.165, 1.54) is 0 Å². The van der Waals surface area contributed by atoms with Crippen LogP contribution in [0.25, 0.3) is 0 Å². The molecule has 0 aromatic carbocycles. The SMILES string of the molecule is O=C1NC=C2C=CNC2N1. The van der Waals surface area contributed by atoms with Gasteiger partial charge in [0.1, 0.15) is 6.17 Å². The zero-order chi connectivity index (χ0) is 6.97. The van der Waals surface area contributed by atoms with E-state index in [1.807, 2.05) is 12.3 Å². The highest BCUT2D eigenvalue weighted by atomic mass is 16.2. The van der Waals surface area contributed by atoms with Crippen LogP contribution < -0.4 is 16.0 Å². The summed E-state index contributed by atoms with van der Waals surface area (Å²) in [6.45, 7) is 0. The Morgan fingerprint density at radius 3 is 3.30 bits per heavy atom. The van der Waals surface area contributed by atoms with Gasteiger partial charge in [0.2, 0.25) is 0 Å². The van der Waals surface area contributed by atoms with Crippen molar-refractivity contribution in [2.24, 2.45) is 0 Å². The molecule has 2 amide bonds. The van der Waals surface area contributed by atoms with E-state index in [0.717, 1.165) is 5.57 Å². The summed E-state index contributed by atoms with van der Waals surface area (Å²) in [5.41, 5.74) is 1.06. The Morgan fingerprint density at radius 2 is 2.40 bits per heavy atom. The Hall–Kier alpha value is -1.45. The van der Waals surface area contributed by atoms with Crippen LogP contribution >= 0.6 is 0 Å². The van der Waals surface area contributed by atoms with Crippen LogP contribution in [0.2, 0.25) is 0 Å². The van der Waals surface area contributed by atoms with E-state index in [4.69, 9.17) is 0 Å². The van der Waals surface area contributed by atoms with Gasteiger partial charge in [0.05, 0.1) is 0 Å². The van der Waals surface area contributed by atoms with Crippen molar-refractivity contribution in [3.63, 3.8) is 0 Å². The van der Waals surface area contributed by atoms with Gasteiger partial charge < -0.3 is 16.0 Å². The first-order valence-corrected chi connectivity index (χ1v) is 3.06. The largest absolute Gasteiger partial charge is 0.368 e. The van der Waals surface area contributed by atoms with Crippen molar-refractivity contribution in [1.82, 2.24) is 16.0 Å². The second kappa shape index (κ2) is 1.76. The van der Waals surface area contributed by atoms with Crippen LogP contribution in [-0.4, -0.2) is 12.2 Å². The lowest BCUT2D eigenvalue weighted by Gasteiger charge is -2.19. The third-order valence-electron chi connectivity index (χ3n) is 1.52. The van der Waals surface area contributed by atoms with Crippen molar-refractivity contribution in [1.29, 1.82) is 0 Å². The Kier molecular flexibility index (Phi) is 0.943. The van der Waals surface area contributed by atoms with Crippen LogP contribution in [0.3, 0.4) is 0 Å². The zero-order valence-electron chi connectivity index (χ0n) is 5.22. The Bertz CT molecular complexity index is 231. The monoisotopic (exact) mass is 137 g/mol. The van der Waals surface area contributed by atoms with Crippen molar-refractivity contribution in [2.45, 2.75) is 6.17 Å². The van der Waals surface area contributed by atoms with Crippen LogP contribution in [0.5, 0.6) is 0 Å². The second-order valence-electron chi connectivity index (χ2n) is 2.20. The quantitative estimate of drug-likeness (QED) is 0.426. The van der Waals surface area contributed by atoms with Gasteiger partial charge in [0, 0.05) is 11.8 Å². The molecule has 2 rings (SSSR count). The molecule has 2 heterocycles. The van der Waals surface area contributed by atoms with Gasteiger partial charge in [-0.2, -0.15) is 0 Å². The van der Waals surface area contributed by atoms with Crippen molar-refractivity contribution < 1.29 is 4.79 Å². The van der Waals surface area contributed by atoms with Gasteiger partial charge in [-0.25, -0.2) is 4.79 Å². The first-order chi connectivity index (χ1) is 4.86. The summed E-state index contributed by atoms with van der Waals surface area (Å²) >= 11 is 0. The molecule has 2 aliphatic rings. The zero-order valence-corrected chi connectivity index (χ0v) is 5.22. The second-order valence-corrected chi connectivity index (χ2v) is 2.20. The first-order valence-electron chi connectivity index (χ1n) is 3.06. The fourth-order valence-corrected chi connectivity index (χ4v) is 1.01. The minimum absolute atomic E-state index is 0.0197. The van der Waals surface area contributed by atoms with Crippen LogP contribution in [0.4, 0.5) is 4.79 Å². The molecule has 0 aliphatic carbocycles. The molecule has 0 radical (unpaired) electrons. The maximum Gasteiger partial charge on any atom is 0.320 e. The Labute approximate surface area is 58.0 Å². The van der Waals surface area contributed by atoms with Crippen LogP contribution in [-0.2, 0) is 0 Å². The predicted octanol–water partition coefficient (Wildman–Crippen LogP) is -0.374. The maximum absolute atomic E-state index is 10.7. The van der Waals surface area contributed by atoms with E-state index in [-0.39, 0.29) is 12.2 Å². The number of rotatable bonds is 0. The number of urea groups is 1. The number of fused-ring (bicyclic) bond motifs is 1. The summed E-state index contributed by atoms with van der Waals surface area (Å²) in [4.78, 5) is 10.7. The van der Waals surface area contributed by atoms with E-state index in [0.29, 0.717) is 0 Å². The molecule has 1 unspecified atom stereocenters. The maximum atomic E-state index is 10.7. The van der Waals surface area contributed by atoms with E-state index in [1.54, 1.807) is 6.20 Å². The van der Waals surface area contributed by atoms with E-state index in [2.05, 4.69) is 16.0 Å². The minimum atomic E-state index is -0.162. The van der Waals surface area contributed by atoms with Crippen molar-refractivity contribution >= 4 is 6.03 Å². The number of amides is 2. The molecule has 10 heavy (non-hydrogen) atoms. The minimum Gasteiger partial charge on any atom is -0.368 e. The average molecular weight is 137 g/mol. The summed E-state index contributed by atoms with van der Waals surface area (Å²) in [7, 11) is 0. The summed E-state index contributed by atoms with van der Waals surface area (Å²) in [5, 5.41) is 8.20. The van der Waals surface area contributed by atoms with E-state index >= 15 is 0 Å². The highest BCUT2D eigenvalue weighted by molar-refractivity contribution is 5.77. The molecule has 0 aromatic heterocycles. The van der Waals surface area contributed by atoms with Gasteiger partial charge >= 0.3 is 6.03 Å². The average Bonchev–Trinajstić information content (AvgIpc) is 2.33. The van der Waals surface area contributed by atoms with Gasteiger partial charge in [0.25, 0.3) is 0 Å². The molecule has 52 valence electrons. The van der Waals surface area contributed by atoms with E-state index in [9.17, 15) is 4.79 Å². The first kappa shape index (κ1) is 5.34. The van der Waals surface area contributed by atoms with Crippen LogP contribution in [0.15, 0.2) is 24.0 Å². The summed E-state index contributed by atoms with van der Waals surface area (Å²) in [5.74, 6) is 0. The molecule has 2 aliphatic heterocycles. The Morgan fingerprint density at radius 1 is 1.50 bits per heavy atom. The number of hydrogen-bond donors (Lipinski definition) is 3. The number of carbonyl (C=O) groups is 1. The smallest absolute Gasteiger partial charge is 0.320 e. The molecule has 0 fully saturated rings. The molecule has 0 saturated heterocycles. The topological polar surface area (TPSA) is 53.2 Å². The number of nitrogens with one attached hydrogen (secondary N) is 3. The lowest BCUT2D eigenvalue weighted by Crippen LogP contribution is -2.49. The highest BCUT2D eigenvalue weighted by Gasteiger charge is 2.20. The van der Waals surface area contributed by atoms with Gasteiger partial charge in [-0.3, -0.25) is 0 Å². The highest BCUT2D eigenvalue weighted by Crippen LogP contribution is 2.09. The number of carbonyl (C=O) groups excluding carboxylic acids is 1. The van der Waals surface area contributed by atoms with Gasteiger partial charge in [-0.1, -0.05) is 0 Å². The molecule has 0 spiro atoms. The van der Waals surface area contributed by atoms with Crippen molar-refractivity contribution in [2.75, 3.05) is 0 Å². The van der Waals surface area contributed by atoms with Crippen molar-refractivity contribution in [3.8, 4) is 0 Å². The van der Waals surface area contributed by atoms with Crippen LogP contribution in [0.1, 0.15) is 0 Å². The lowest BCUT2D eigenvalue weighted by atomic mass is 10.2. The molecular formula is C6H7N3O. The molecular weight excluding hydrogens is 130 g/mol. The lowest BCUT2D eigenvalue weighted by molar-refractivity contribution is 0.239. The van der Waals surface area contributed by atoms with E-state index < -0.39 is 0 Å². The van der Waals surface area contributed by atoms with Gasteiger partial charge in [-0.05, 0) is 12.3 Å². The molecule has 3 N–H and O–H groups in total. The fourth-order valence-electron chi connectivity index (χ4n) is 1.01. The third kappa shape index (κ3) is 0.655. The summed E-state index contributed by atoms with van der Waals surface area (Å²) < 4.78 is 0. The standard InChI is InChI=1S/C6H7N3O/c10-6-8-3-4-1-2-7-5(4)9-6/h1-3,5,7H,(H2,8,9,10). The normalized spacial score (nSPS) is 27.8. The van der Waals surface area contributed by atoms with Crippen LogP contribution in [0, 0.1) is 0 Å². The molecule has 4 heteroatoms. The molecule has 4 nitrogen and oxygen atoms in total. The summed E-state index contributed by atoms with van der Waals surface area (Å²) in [6.07, 6.45) is 5.40. The molecule has 1 atom stereocenters. The Balaban J connectivity index is 2.25. The summed E-state index contributed by atoms with van der Waals surface area (Å²) in [6, 6.07) is -0.162. The van der Waals surface area contributed by atoms with Crippen molar-refractivity contribution in [3.05, 3.63) is 24.0 Å². The molecule has 0 aromatic rings. The molecule has 0 saturated carbocycles. The number of hydrogen-bond acceptors (Lipinski definition) is 2. The van der Waals surface area contributed by atoms with Gasteiger partial charge in [-0.15, -0.1) is 0 Å². The fraction of sp³-hybridized carbons (Fsp3) is 0.167. The van der Waals surface area contributed by atoms with Gasteiger partial charge in [0.15, 0.2) is 0 Å². The predicted molar refractivity (Wildman–Crippen MR) is 35.8 cm³/mol. The molecule has 0 bridgehead atoms.